The van der Waals surface area contributed by atoms with Gasteiger partial charge in [-0.15, -0.1) is 0 Å². The van der Waals surface area contributed by atoms with E-state index in [1.165, 1.54) is 0 Å². The van der Waals surface area contributed by atoms with Gasteiger partial charge in [-0.1, -0.05) is 13.8 Å². The van der Waals surface area contributed by atoms with E-state index in [-0.39, 0.29) is 6.04 Å². The molecule has 0 saturated carbocycles. The second-order valence-electron chi connectivity index (χ2n) is 4.47. The Hall–Kier alpha value is -1.11. The summed E-state index contributed by atoms with van der Waals surface area (Å²) in [5.74, 6) is -0.946. The number of amides is 2. The standard InChI is InChI=1S/C13H17IN2O2/c1-8(2)9(3)15-12(17)13(18)16-11-6-4-10(14)5-7-11/h4-9H,1-3H3,(H,15,17)(H,16,18)/t9-/m1/s1. The molecule has 18 heavy (non-hydrogen) atoms. The Kier molecular flexibility index (Phi) is 5.58. The Balaban J connectivity index is 2.55. The fourth-order valence-electron chi connectivity index (χ4n) is 1.16. The number of halogens is 1. The summed E-state index contributed by atoms with van der Waals surface area (Å²) >= 11 is 2.17. The summed E-state index contributed by atoms with van der Waals surface area (Å²) in [7, 11) is 0. The van der Waals surface area contributed by atoms with Gasteiger partial charge in [0.15, 0.2) is 0 Å². The molecule has 1 atom stereocenters. The average molecular weight is 360 g/mol. The highest BCUT2D eigenvalue weighted by molar-refractivity contribution is 14.1. The van der Waals surface area contributed by atoms with Crippen LogP contribution in [0.25, 0.3) is 0 Å². The molecule has 0 unspecified atom stereocenters. The maximum absolute atomic E-state index is 11.6. The Morgan fingerprint density at radius 2 is 1.61 bits per heavy atom. The van der Waals surface area contributed by atoms with Gasteiger partial charge >= 0.3 is 11.8 Å². The summed E-state index contributed by atoms with van der Waals surface area (Å²) in [5.41, 5.74) is 0.618. The van der Waals surface area contributed by atoms with Crippen molar-refractivity contribution in [3.63, 3.8) is 0 Å². The van der Waals surface area contributed by atoms with Crippen LogP contribution >= 0.6 is 22.6 Å². The Bertz CT molecular complexity index is 429. The van der Waals surface area contributed by atoms with Crippen molar-refractivity contribution in [3.05, 3.63) is 27.8 Å². The van der Waals surface area contributed by atoms with Crippen molar-refractivity contribution in [1.29, 1.82) is 0 Å². The predicted octanol–water partition coefficient (Wildman–Crippen LogP) is 2.39. The first kappa shape index (κ1) is 14.9. The molecule has 0 aliphatic heterocycles. The maximum Gasteiger partial charge on any atom is 0.313 e. The Morgan fingerprint density at radius 1 is 1.06 bits per heavy atom. The van der Waals surface area contributed by atoms with Gasteiger partial charge in [0.05, 0.1) is 0 Å². The monoisotopic (exact) mass is 360 g/mol. The van der Waals surface area contributed by atoms with E-state index in [2.05, 4.69) is 33.2 Å². The lowest BCUT2D eigenvalue weighted by molar-refractivity contribution is -0.136. The second kappa shape index (κ2) is 6.72. The largest absolute Gasteiger partial charge is 0.345 e. The van der Waals surface area contributed by atoms with Gasteiger partial charge in [-0.05, 0) is 59.7 Å². The van der Waals surface area contributed by atoms with E-state index < -0.39 is 11.8 Å². The lowest BCUT2D eigenvalue weighted by atomic mass is 10.1. The molecule has 2 N–H and O–H groups in total. The van der Waals surface area contributed by atoms with Crippen molar-refractivity contribution in [1.82, 2.24) is 5.32 Å². The minimum atomic E-state index is -0.635. The molecule has 0 aliphatic rings. The normalized spacial score (nSPS) is 12.1. The number of anilines is 1. The number of carbonyl (C=O) groups excluding carboxylic acids is 2. The maximum atomic E-state index is 11.6. The van der Waals surface area contributed by atoms with Gasteiger partial charge in [0.1, 0.15) is 0 Å². The zero-order valence-corrected chi connectivity index (χ0v) is 12.8. The minimum absolute atomic E-state index is 0.0278. The molecule has 0 radical (unpaired) electrons. The predicted molar refractivity (Wildman–Crippen MR) is 80.2 cm³/mol. The van der Waals surface area contributed by atoms with Crippen LogP contribution in [0.15, 0.2) is 24.3 Å². The first-order valence-corrected chi connectivity index (χ1v) is 6.85. The highest BCUT2D eigenvalue weighted by Gasteiger charge is 2.17. The molecule has 2 amide bonds. The first-order chi connectivity index (χ1) is 8.40. The van der Waals surface area contributed by atoms with Crippen LogP contribution in [0.5, 0.6) is 0 Å². The molecule has 1 aromatic rings. The fraction of sp³-hybridized carbons (Fsp3) is 0.385. The zero-order chi connectivity index (χ0) is 13.7. The summed E-state index contributed by atoms with van der Waals surface area (Å²) in [5, 5.41) is 5.22. The van der Waals surface area contributed by atoms with Crippen LogP contribution in [0.3, 0.4) is 0 Å². The molecule has 0 saturated heterocycles. The number of benzene rings is 1. The van der Waals surface area contributed by atoms with Crippen LogP contribution in [0.2, 0.25) is 0 Å². The summed E-state index contributed by atoms with van der Waals surface area (Å²) in [4.78, 5) is 23.2. The van der Waals surface area contributed by atoms with Gasteiger partial charge in [-0.25, -0.2) is 0 Å². The number of hydrogen-bond donors (Lipinski definition) is 2. The third kappa shape index (κ3) is 4.64. The molecular weight excluding hydrogens is 343 g/mol. The van der Waals surface area contributed by atoms with Crippen LogP contribution in [-0.2, 0) is 9.59 Å². The molecule has 98 valence electrons. The topological polar surface area (TPSA) is 58.2 Å². The van der Waals surface area contributed by atoms with Crippen molar-refractivity contribution >= 4 is 40.1 Å². The van der Waals surface area contributed by atoms with E-state index >= 15 is 0 Å². The highest BCUT2D eigenvalue weighted by Crippen LogP contribution is 2.11. The summed E-state index contributed by atoms with van der Waals surface area (Å²) in [6, 6.07) is 7.23. The second-order valence-corrected chi connectivity index (χ2v) is 5.71. The molecule has 1 rings (SSSR count). The lowest BCUT2D eigenvalue weighted by Crippen LogP contribution is -2.42. The van der Waals surface area contributed by atoms with Crippen LogP contribution in [0.1, 0.15) is 20.8 Å². The number of nitrogens with one attached hydrogen (secondary N) is 2. The van der Waals surface area contributed by atoms with Crippen molar-refractivity contribution in [2.75, 3.05) is 5.32 Å². The van der Waals surface area contributed by atoms with E-state index in [1.807, 2.05) is 32.9 Å². The van der Waals surface area contributed by atoms with E-state index in [1.54, 1.807) is 12.1 Å². The molecule has 0 fully saturated rings. The number of hydrogen-bond acceptors (Lipinski definition) is 2. The van der Waals surface area contributed by atoms with Gasteiger partial charge in [-0.2, -0.15) is 0 Å². The van der Waals surface area contributed by atoms with Gasteiger partial charge in [0.2, 0.25) is 0 Å². The molecule has 5 heteroatoms. The molecule has 0 aliphatic carbocycles. The molecule has 1 aromatic carbocycles. The van der Waals surface area contributed by atoms with Crippen molar-refractivity contribution < 1.29 is 9.59 Å². The van der Waals surface area contributed by atoms with Crippen molar-refractivity contribution in [2.45, 2.75) is 26.8 Å². The van der Waals surface area contributed by atoms with Crippen molar-refractivity contribution in [3.8, 4) is 0 Å². The van der Waals surface area contributed by atoms with Gasteiger partial charge in [0.25, 0.3) is 0 Å². The third-order valence-electron chi connectivity index (χ3n) is 2.67. The minimum Gasteiger partial charge on any atom is -0.345 e. The molecule has 0 bridgehead atoms. The van der Waals surface area contributed by atoms with Crippen LogP contribution in [0, 0.1) is 9.49 Å². The summed E-state index contributed by atoms with van der Waals surface area (Å²) in [6.45, 7) is 5.85. The molecule has 0 aromatic heterocycles. The van der Waals surface area contributed by atoms with E-state index in [0.29, 0.717) is 11.6 Å². The third-order valence-corrected chi connectivity index (χ3v) is 3.39. The van der Waals surface area contributed by atoms with E-state index in [4.69, 9.17) is 0 Å². The van der Waals surface area contributed by atoms with Crippen LogP contribution < -0.4 is 10.6 Å². The SMILES string of the molecule is CC(C)[C@@H](C)NC(=O)C(=O)Nc1ccc(I)cc1. The smallest absolute Gasteiger partial charge is 0.313 e. The zero-order valence-electron chi connectivity index (χ0n) is 10.7. The van der Waals surface area contributed by atoms with Crippen LogP contribution in [0.4, 0.5) is 5.69 Å². The highest BCUT2D eigenvalue weighted by atomic mass is 127. The van der Waals surface area contributed by atoms with Crippen LogP contribution in [-0.4, -0.2) is 17.9 Å². The first-order valence-electron chi connectivity index (χ1n) is 5.77. The van der Waals surface area contributed by atoms with Crippen molar-refractivity contribution in [2.24, 2.45) is 5.92 Å². The molecular formula is C13H17IN2O2. The number of rotatable bonds is 3. The average Bonchev–Trinajstić information content (AvgIpc) is 2.31. The number of carbonyl (C=O) groups is 2. The summed E-state index contributed by atoms with van der Waals surface area (Å²) in [6.07, 6.45) is 0. The lowest BCUT2D eigenvalue weighted by Gasteiger charge is -2.16. The Morgan fingerprint density at radius 3 is 2.11 bits per heavy atom. The molecule has 0 heterocycles. The van der Waals surface area contributed by atoms with Gasteiger partial charge < -0.3 is 10.6 Å². The quantitative estimate of drug-likeness (QED) is 0.643. The van der Waals surface area contributed by atoms with E-state index in [9.17, 15) is 9.59 Å². The Labute approximate surface area is 121 Å². The van der Waals surface area contributed by atoms with E-state index in [0.717, 1.165) is 3.57 Å². The summed E-state index contributed by atoms with van der Waals surface area (Å²) < 4.78 is 1.07. The molecule has 4 nitrogen and oxygen atoms in total. The van der Waals surface area contributed by atoms with Gasteiger partial charge in [-0.3, -0.25) is 9.59 Å². The molecule has 0 spiro atoms. The van der Waals surface area contributed by atoms with Gasteiger partial charge in [0, 0.05) is 15.3 Å². The fourth-order valence-corrected chi connectivity index (χ4v) is 1.52.